The van der Waals surface area contributed by atoms with Crippen molar-refractivity contribution in [1.29, 1.82) is 0 Å². The highest BCUT2D eigenvalue weighted by atomic mass is 16.5. The first-order valence-electron chi connectivity index (χ1n) is 32.3. The van der Waals surface area contributed by atoms with Crippen molar-refractivity contribution in [2.75, 3.05) is 13.2 Å². The summed E-state index contributed by atoms with van der Waals surface area (Å²) in [7, 11) is 0. The largest absolute Gasteiger partial charge is 0.466 e. The zero-order valence-electron chi connectivity index (χ0n) is 47.8. The summed E-state index contributed by atoms with van der Waals surface area (Å²) < 4.78 is 5.50. The van der Waals surface area contributed by atoms with Crippen LogP contribution in [0, 0.1) is 0 Å². The molecule has 0 aliphatic heterocycles. The number of carbonyl (C=O) groups excluding carboxylic acids is 2. The number of aliphatic hydroxyl groups is 2. The smallest absolute Gasteiger partial charge is 0.305 e. The van der Waals surface area contributed by atoms with Gasteiger partial charge in [0, 0.05) is 12.8 Å². The lowest BCUT2D eigenvalue weighted by molar-refractivity contribution is -0.143. The van der Waals surface area contributed by atoms with E-state index in [0.29, 0.717) is 25.9 Å². The van der Waals surface area contributed by atoms with Crippen molar-refractivity contribution in [2.24, 2.45) is 0 Å². The van der Waals surface area contributed by atoms with Gasteiger partial charge in [0.15, 0.2) is 0 Å². The lowest BCUT2D eigenvalue weighted by Crippen LogP contribution is -2.45. The molecule has 0 aliphatic carbocycles. The second kappa shape index (κ2) is 60.4. The molecule has 3 N–H and O–H groups in total. The van der Waals surface area contributed by atoms with Crippen LogP contribution in [0.2, 0.25) is 0 Å². The zero-order chi connectivity index (χ0) is 50.7. The Kier molecular flexibility index (Phi) is 59.4. The van der Waals surface area contributed by atoms with E-state index in [9.17, 15) is 19.8 Å². The highest BCUT2D eigenvalue weighted by Gasteiger charge is 2.20. The van der Waals surface area contributed by atoms with Crippen molar-refractivity contribution in [2.45, 2.75) is 386 Å². The summed E-state index contributed by atoms with van der Waals surface area (Å²) in [5.41, 5.74) is 0. The molecule has 0 spiro atoms. The molecule has 0 aromatic carbocycles. The lowest BCUT2D eigenvalue weighted by atomic mass is 10.0. The molecule has 6 heteroatoms. The molecule has 0 aromatic rings. The fourth-order valence-corrected chi connectivity index (χ4v) is 10.5. The normalized spacial score (nSPS) is 12.5. The number of carbonyl (C=O) groups is 2. The molecule has 0 rings (SSSR count). The summed E-state index contributed by atoms with van der Waals surface area (Å²) in [6.45, 7) is 4.97. The number of hydrogen-bond acceptors (Lipinski definition) is 5. The predicted molar refractivity (Wildman–Crippen MR) is 306 cm³/mol. The van der Waals surface area contributed by atoms with E-state index in [-0.39, 0.29) is 18.5 Å². The number of nitrogens with one attached hydrogen (secondary N) is 1. The Labute approximate surface area is 438 Å². The molecule has 1 amide bonds. The van der Waals surface area contributed by atoms with Gasteiger partial charge in [0.2, 0.25) is 5.91 Å². The zero-order valence-corrected chi connectivity index (χ0v) is 47.8. The third-order valence-electron chi connectivity index (χ3n) is 15.4. The summed E-state index contributed by atoms with van der Waals surface area (Å²) in [6, 6.07) is -0.535. The molecular formula is C64H127NO5. The molecule has 418 valence electrons. The van der Waals surface area contributed by atoms with Crippen molar-refractivity contribution in [3.63, 3.8) is 0 Å². The Balaban J connectivity index is 3.28. The summed E-state index contributed by atoms with van der Waals surface area (Å²) in [5, 5.41) is 23.1. The second-order valence-corrected chi connectivity index (χ2v) is 22.5. The lowest BCUT2D eigenvalue weighted by Gasteiger charge is -2.22. The Bertz CT molecular complexity index is 1010. The van der Waals surface area contributed by atoms with Crippen LogP contribution in [-0.4, -0.2) is 47.4 Å². The van der Waals surface area contributed by atoms with E-state index in [1.54, 1.807) is 0 Å². The van der Waals surface area contributed by atoms with E-state index >= 15 is 0 Å². The van der Waals surface area contributed by atoms with Gasteiger partial charge in [-0.15, -0.1) is 0 Å². The first kappa shape index (κ1) is 68.9. The monoisotopic (exact) mass is 990 g/mol. The number of hydrogen-bond donors (Lipinski definition) is 3. The van der Waals surface area contributed by atoms with Crippen LogP contribution in [0.5, 0.6) is 0 Å². The molecule has 0 heterocycles. The van der Waals surface area contributed by atoms with Crippen LogP contribution in [0.4, 0.5) is 0 Å². The first-order chi connectivity index (χ1) is 34.5. The van der Waals surface area contributed by atoms with Crippen LogP contribution in [0.1, 0.15) is 373 Å². The van der Waals surface area contributed by atoms with Crippen LogP contribution >= 0.6 is 0 Å². The van der Waals surface area contributed by atoms with Crippen molar-refractivity contribution in [3.8, 4) is 0 Å². The maximum absolute atomic E-state index is 12.4. The van der Waals surface area contributed by atoms with Crippen LogP contribution < -0.4 is 5.32 Å². The highest BCUT2D eigenvalue weighted by Crippen LogP contribution is 2.19. The minimum Gasteiger partial charge on any atom is -0.466 e. The molecule has 0 bridgehead atoms. The van der Waals surface area contributed by atoms with E-state index in [0.717, 1.165) is 38.5 Å². The summed E-state index contributed by atoms with van der Waals surface area (Å²) in [6.07, 6.45) is 71.5. The molecule has 0 aromatic heterocycles. The number of rotatable bonds is 61. The number of amides is 1. The van der Waals surface area contributed by atoms with E-state index in [1.165, 1.54) is 302 Å². The van der Waals surface area contributed by atoms with Crippen molar-refractivity contribution in [1.82, 2.24) is 5.32 Å². The molecule has 0 radical (unpaired) electrons. The van der Waals surface area contributed by atoms with Crippen molar-refractivity contribution >= 4 is 11.9 Å². The van der Waals surface area contributed by atoms with Gasteiger partial charge in [0.1, 0.15) is 0 Å². The van der Waals surface area contributed by atoms with E-state index in [1.807, 2.05) is 0 Å². The van der Waals surface area contributed by atoms with Crippen LogP contribution in [0.3, 0.4) is 0 Å². The van der Waals surface area contributed by atoms with E-state index in [2.05, 4.69) is 19.2 Å². The van der Waals surface area contributed by atoms with Crippen molar-refractivity contribution < 1.29 is 24.5 Å². The van der Waals surface area contributed by atoms with E-state index in [4.69, 9.17) is 4.74 Å². The van der Waals surface area contributed by atoms with Gasteiger partial charge in [-0.05, 0) is 25.7 Å². The number of aliphatic hydroxyl groups excluding tert-OH is 2. The first-order valence-corrected chi connectivity index (χ1v) is 32.3. The predicted octanol–water partition coefficient (Wildman–Crippen LogP) is 20.3. The molecule has 0 aliphatic rings. The molecule has 6 nitrogen and oxygen atoms in total. The Hall–Kier alpha value is -1.14. The third kappa shape index (κ3) is 56.2. The van der Waals surface area contributed by atoms with Crippen molar-refractivity contribution in [3.05, 3.63) is 0 Å². The van der Waals surface area contributed by atoms with Gasteiger partial charge in [0.25, 0.3) is 0 Å². The average Bonchev–Trinajstić information content (AvgIpc) is 3.36. The second-order valence-electron chi connectivity index (χ2n) is 22.5. The number of unbranched alkanes of at least 4 members (excludes halogenated alkanes) is 50. The fraction of sp³-hybridized carbons (Fsp3) is 0.969. The average molecular weight is 991 g/mol. The topological polar surface area (TPSA) is 95.9 Å². The SMILES string of the molecule is CCCCCCCCCCCCCCCCCCC(=O)OCCCCCCCCCCCCCCCCCCCCCCCCCCCCCCC(=O)NC(CO)C(O)CCCCCCCCCCC. The summed E-state index contributed by atoms with van der Waals surface area (Å²) in [5.74, 6) is -0.00905. The minimum absolute atomic E-state index is 0.0231. The van der Waals surface area contributed by atoms with Gasteiger partial charge in [-0.25, -0.2) is 0 Å². The Morgan fingerprint density at radius 3 is 0.871 bits per heavy atom. The van der Waals surface area contributed by atoms with Crippen LogP contribution in [0.15, 0.2) is 0 Å². The van der Waals surface area contributed by atoms with Gasteiger partial charge >= 0.3 is 5.97 Å². The summed E-state index contributed by atoms with van der Waals surface area (Å²) >= 11 is 0. The van der Waals surface area contributed by atoms with Gasteiger partial charge < -0.3 is 20.3 Å². The standard InChI is InChI=1S/C64H127NO5/c1-3-5-7-9-11-13-14-15-16-32-35-38-42-46-50-54-58-64(69)70-59-55-51-47-43-39-36-33-30-28-26-24-22-20-18-17-19-21-23-25-27-29-31-34-37-41-45-49-53-57-63(68)65-61(60-66)62(67)56-52-48-44-40-12-10-8-6-4-2/h61-62,66-67H,3-60H2,1-2H3,(H,65,68). The molecule has 70 heavy (non-hydrogen) atoms. The molecule has 2 unspecified atom stereocenters. The maximum atomic E-state index is 12.4. The minimum atomic E-state index is -0.658. The maximum Gasteiger partial charge on any atom is 0.305 e. The summed E-state index contributed by atoms with van der Waals surface area (Å²) in [4.78, 5) is 24.5. The van der Waals surface area contributed by atoms with Gasteiger partial charge in [-0.3, -0.25) is 9.59 Å². The Morgan fingerprint density at radius 2 is 0.586 bits per heavy atom. The van der Waals surface area contributed by atoms with Gasteiger partial charge in [0.05, 0.1) is 25.4 Å². The fourth-order valence-electron chi connectivity index (χ4n) is 10.5. The molecular weight excluding hydrogens is 863 g/mol. The third-order valence-corrected chi connectivity index (χ3v) is 15.4. The number of esters is 1. The molecule has 0 saturated heterocycles. The highest BCUT2D eigenvalue weighted by molar-refractivity contribution is 5.76. The molecule has 2 atom stereocenters. The van der Waals surface area contributed by atoms with Gasteiger partial charge in [-0.1, -0.05) is 335 Å². The quantitative estimate of drug-likeness (QED) is 0.0417. The van der Waals surface area contributed by atoms with Crippen LogP contribution in [-0.2, 0) is 14.3 Å². The molecule has 0 fully saturated rings. The molecule has 0 saturated carbocycles. The number of ether oxygens (including phenoxy) is 1. The Morgan fingerprint density at radius 1 is 0.343 bits per heavy atom. The van der Waals surface area contributed by atoms with E-state index < -0.39 is 12.1 Å². The van der Waals surface area contributed by atoms with Crippen LogP contribution in [0.25, 0.3) is 0 Å². The van der Waals surface area contributed by atoms with Gasteiger partial charge in [-0.2, -0.15) is 0 Å².